The second-order valence-corrected chi connectivity index (χ2v) is 11.6. The molecule has 2 aromatic carbocycles. The predicted octanol–water partition coefficient (Wildman–Crippen LogP) is 6.59. The minimum absolute atomic E-state index is 0.0553. The average molecular weight is 534 g/mol. The third-order valence-electron chi connectivity index (χ3n) is 5.27. The van der Waals surface area contributed by atoms with Crippen LogP contribution in [0.15, 0.2) is 67.3 Å². The van der Waals surface area contributed by atoms with Crippen LogP contribution < -0.4 is 9.61 Å². The lowest BCUT2D eigenvalue weighted by Gasteiger charge is -2.33. The van der Waals surface area contributed by atoms with Crippen molar-refractivity contribution in [1.29, 1.82) is 0 Å². The molecule has 0 aliphatic rings. The lowest BCUT2D eigenvalue weighted by atomic mass is 10.1. The first-order valence-electron chi connectivity index (χ1n) is 11.4. The number of carbonyl (C=O) groups is 2. The number of thiophene rings is 1. The van der Waals surface area contributed by atoms with Crippen molar-refractivity contribution in [3.05, 3.63) is 77.7 Å². The number of nitrogens with one attached hydrogen (secondary N) is 1. The number of alkyl halides is 1. The second-order valence-electron chi connectivity index (χ2n) is 8.18. The Kier molecular flexibility index (Phi) is 9.06. The summed E-state index contributed by atoms with van der Waals surface area (Å²) >= 11 is 1.20. The summed E-state index contributed by atoms with van der Waals surface area (Å²) in [5, 5.41) is 0.610. The van der Waals surface area contributed by atoms with Gasteiger partial charge in [-0.2, -0.15) is 0 Å². The largest absolute Gasteiger partial charge is 0.465 e. The summed E-state index contributed by atoms with van der Waals surface area (Å²) < 4.78 is 47.4. The molecule has 0 aliphatic heterocycles. The molecule has 0 saturated heterocycles. The van der Waals surface area contributed by atoms with E-state index >= 15 is 4.39 Å². The first-order chi connectivity index (χ1) is 17.1. The van der Waals surface area contributed by atoms with Crippen LogP contribution in [0.25, 0.3) is 10.1 Å². The van der Waals surface area contributed by atoms with Gasteiger partial charge < -0.3 is 14.0 Å². The van der Waals surface area contributed by atoms with Gasteiger partial charge >= 0.3 is 19.5 Å². The zero-order chi connectivity index (χ0) is 26.3. The van der Waals surface area contributed by atoms with Gasteiger partial charge in [-0.05, 0) is 56.0 Å². The average Bonchev–Trinajstić information content (AvgIpc) is 3.30. The molecule has 0 spiro atoms. The van der Waals surface area contributed by atoms with Crippen molar-refractivity contribution < 1.29 is 32.5 Å². The van der Waals surface area contributed by atoms with Crippen molar-refractivity contribution in [1.82, 2.24) is 5.09 Å². The minimum Gasteiger partial charge on any atom is -0.465 e. The zero-order valence-electron chi connectivity index (χ0n) is 20.4. The smallest absolute Gasteiger partial charge is 0.358 e. The Morgan fingerprint density at radius 2 is 1.92 bits per heavy atom. The number of hydrogen-bond donors (Lipinski definition) is 1. The van der Waals surface area contributed by atoms with Crippen LogP contribution in [0.1, 0.15) is 42.4 Å². The molecule has 0 aliphatic carbocycles. The van der Waals surface area contributed by atoms with Crippen LogP contribution in [0.2, 0.25) is 0 Å². The topological polar surface area (TPSA) is 90.9 Å². The van der Waals surface area contributed by atoms with Crippen molar-refractivity contribution in [2.75, 3.05) is 13.2 Å². The number of carbonyl (C=O) groups excluding carboxylic acids is 2. The van der Waals surface area contributed by atoms with Crippen LogP contribution in [-0.4, -0.2) is 31.2 Å². The van der Waals surface area contributed by atoms with Gasteiger partial charge in [0.05, 0.1) is 6.61 Å². The fraction of sp³-hybridized carbons (Fsp3) is 0.308. The maximum Gasteiger partial charge on any atom is 0.358 e. The van der Waals surface area contributed by atoms with Crippen LogP contribution in [0.3, 0.4) is 0 Å². The second kappa shape index (κ2) is 11.8. The highest BCUT2D eigenvalue weighted by atomic mass is 32.1. The van der Waals surface area contributed by atoms with Crippen molar-refractivity contribution in [2.24, 2.45) is 0 Å². The molecule has 36 heavy (non-hydrogen) atoms. The molecule has 3 unspecified atom stereocenters. The van der Waals surface area contributed by atoms with Gasteiger partial charge in [0.1, 0.15) is 23.3 Å². The molecule has 0 saturated carbocycles. The van der Waals surface area contributed by atoms with Gasteiger partial charge in [0, 0.05) is 10.3 Å². The molecule has 0 amide bonds. The molecule has 1 N–H and O–H groups in total. The Morgan fingerprint density at radius 3 is 2.58 bits per heavy atom. The highest BCUT2D eigenvalue weighted by Crippen LogP contribution is 2.62. The summed E-state index contributed by atoms with van der Waals surface area (Å²) in [6.07, 6.45) is 2.08. The summed E-state index contributed by atoms with van der Waals surface area (Å²) in [5.74, 6) is -1.00. The molecule has 1 heterocycles. The van der Waals surface area contributed by atoms with E-state index in [4.69, 9.17) is 14.0 Å². The number of fused-ring (bicyclic) bond motifs is 1. The summed E-state index contributed by atoms with van der Waals surface area (Å²) in [4.78, 5) is 25.0. The van der Waals surface area contributed by atoms with Gasteiger partial charge in [-0.15, -0.1) is 11.3 Å². The van der Waals surface area contributed by atoms with E-state index in [1.807, 2.05) is 6.92 Å². The summed E-state index contributed by atoms with van der Waals surface area (Å²) in [5.41, 5.74) is 0.0553. The molecular weight excluding hydrogens is 504 g/mol. The van der Waals surface area contributed by atoms with Crippen molar-refractivity contribution in [3.8, 4) is 5.75 Å². The van der Waals surface area contributed by atoms with E-state index in [-0.39, 0.29) is 24.5 Å². The summed E-state index contributed by atoms with van der Waals surface area (Å²) in [6, 6.07) is 13.3. The maximum absolute atomic E-state index is 16.6. The number of ether oxygens (including phenoxy) is 2. The van der Waals surface area contributed by atoms with Crippen molar-refractivity contribution in [2.45, 2.75) is 38.6 Å². The summed E-state index contributed by atoms with van der Waals surface area (Å²) in [7, 11) is -4.43. The standard InChI is InChI=1S/C26H29FNO6PS/c1-5-14-32-24(29)18(3)28-35(31,34-21-10-8-7-9-11-21)26(4,27)20-12-13-22-19(16-20)17-23(36-22)25(30)33-15-6-2/h6-13,16-18H,2,5,14-15H2,1,3-4H3,(H,28,31). The van der Waals surface area contributed by atoms with Crippen LogP contribution in [0.5, 0.6) is 5.75 Å². The van der Waals surface area contributed by atoms with Gasteiger partial charge in [0.25, 0.3) is 0 Å². The highest BCUT2D eigenvalue weighted by Gasteiger charge is 2.51. The van der Waals surface area contributed by atoms with E-state index in [0.29, 0.717) is 16.7 Å². The van der Waals surface area contributed by atoms with Crippen LogP contribution in [0, 0.1) is 0 Å². The third kappa shape index (κ3) is 6.22. The van der Waals surface area contributed by atoms with Gasteiger partial charge in [-0.3, -0.25) is 9.36 Å². The number of esters is 2. The normalized spacial score (nSPS) is 15.3. The third-order valence-corrected chi connectivity index (χ3v) is 8.93. The zero-order valence-corrected chi connectivity index (χ0v) is 22.1. The van der Waals surface area contributed by atoms with Crippen LogP contribution >= 0.6 is 18.9 Å². The molecule has 192 valence electrons. The summed E-state index contributed by atoms with van der Waals surface area (Å²) in [6.45, 7) is 8.21. The Morgan fingerprint density at radius 1 is 1.19 bits per heavy atom. The first kappa shape index (κ1) is 27.6. The molecular formula is C26H29FNO6PS. The first-order valence-corrected chi connectivity index (χ1v) is 13.9. The molecule has 0 fully saturated rings. The minimum atomic E-state index is -4.43. The number of benzene rings is 2. The monoisotopic (exact) mass is 533 g/mol. The van der Waals surface area contributed by atoms with E-state index in [2.05, 4.69) is 11.7 Å². The lowest BCUT2D eigenvalue weighted by Crippen LogP contribution is -2.39. The van der Waals surface area contributed by atoms with E-state index in [1.165, 1.54) is 36.5 Å². The number of rotatable bonds is 12. The van der Waals surface area contributed by atoms with Crippen molar-refractivity contribution >= 4 is 40.9 Å². The van der Waals surface area contributed by atoms with Gasteiger partial charge in [-0.25, -0.2) is 14.3 Å². The quantitative estimate of drug-likeness (QED) is 0.160. The van der Waals surface area contributed by atoms with Gasteiger partial charge in [-0.1, -0.05) is 43.8 Å². The molecule has 3 atom stereocenters. The number of para-hydroxylation sites is 1. The molecule has 3 rings (SSSR count). The number of halogens is 1. The lowest BCUT2D eigenvalue weighted by molar-refractivity contribution is -0.145. The van der Waals surface area contributed by atoms with Crippen LogP contribution in [-0.2, 0) is 24.2 Å². The van der Waals surface area contributed by atoms with E-state index < -0.39 is 30.9 Å². The van der Waals surface area contributed by atoms with Gasteiger partial charge in [0.15, 0.2) is 0 Å². The Bertz CT molecular complexity index is 1280. The Balaban J connectivity index is 1.98. The Hall–Kier alpha value is -3.00. The van der Waals surface area contributed by atoms with E-state index in [0.717, 1.165) is 11.6 Å². The highest BCUT2D eigenvalue weighted by molar-refractivity contribution is 7.58. The maximum atomic E-state index is 16.6. The van der Waals surface area contributed by atoms with Gasteiger partial charge in [0.2, 0.25) is 5.41 Å². The Labute approximate surface area is 213 Å². The molecule has 0 radical (unpaired) electrons. The molecule has 3 aromatic rings. The fourth-order valence-electron chi connectivity index (χ4n) is 3.30. The molecule has 7 nitrogen and oxygen atoms in total. The van der Waals surface area contributed by atoms with E-state index in [1.54, 1.807) is 42.5 Å². The number of hydrogen-bond acceptors (Lipinski definition) is 7. The SMILES string of the molecule is C=CCOC(=O)c1cc2cc(C(C)(F)P(=O)(NC(C)C(=O)OCCC)Oc3ccccc3)ccc2s1. The fourth-order valence-corrected chi connectivity index (χ4v) is 6.22. The van der Waals surface area contributed by atoms with E-state index in [9.17, 15) is 14.2 Å². The van der Waals surface area contributed by atoms with Crippen LogP contribution in [0.4, 0.5) is 4.39 Å². The molecule has 1 aromatic heterocycles. The molecule has 10 heteroatoms. The molecule has 0 bridgehead atoms. The predicted molar refractivity (Wildman–Crippen MR) is 139 cm³/mol. The van der Waals surface area contributed by atoms with Crippen molar-refractivity contribution in [3.63, 3.8) is 0 Å².